The number of fused-ring (bicyclic) bond motifs is 1. The Hall–Kier alpha value is -3.14. The van der Waals surface area contributed by atoms with Crippen LogP contribution in [0.5, 0.6) is 0 Å². The molecule has 7 rings (SSSR count). The van der Waals surface area contributed by atoms with Crippen molar-refractivity contribution in [3.8, 4) is 5.69 Å². The number of pyridine rings is 2. The summed E-state index contributed by atoms with van der Waals surface area (Å²) >= 11 is 0. The van der Waals surface area contributed by atoms with Crippen molar-refractivity contribution in [3.05, 3.63) is 63.9 Å². The molecule has 7 nitrogen and oxygen atoms in total. The number of sulfonamides is 1. The molecule has 0 aliphatic heterocycles. The van der Waals surface area contributed by atoms with Gasteiger partial charge < -0.3 is 0 Å². The molecule has 39 heavy (non-hydrogen) atoms. The van der Waals surface area contributed by atoms with Gasteiger partial charge in [0.05, 0.1) is 22.9 Å². The molecule has 4 fully saturated rings. The van der Waals surface area contributed by atoms with Gasteiger partial charge in [-0.1, -0.05) is 6.92 Å². The average molecular weight is 556 g/mol. The number of carbonyl (C=O) groups is 1. The van der Waals surface area contributed by atoms with E-state index in [1.165, 1.54) is 55.3 Å². The number of carbonyl (C=O) groups excluding carboxylic acids is 1. The molecule has 1 aromatic carbocycles. The Labute approximate surface area is 225 Å². The van der Waals surface area contributed by atoms with Crippen molar-refractivity contribution in [2.75, 3.05) is 17.6 Å². The molecule has 0 radical (unpaired) electrons. The summed E-state index contributed by atoms with van der Waals surface area (Å²) in [6.07, 6.45) is 9.10. The van der Waals surface area contributed by atoms with Crippen LogP contribution in [0.1, 0.15) is 62.2 Å². The molecular formula is C29H31F2N3O4S. The van der Waals surface area contributed by atoms with Gasteiger partial charge in [-0.25, -0.2) is 22.2 Å². The van der Waals surface area contributed by atoms with E-state index in [0.29, 0.717) is 17.9 Å². The molecule has 0 saturated heterocycles. The molecule has 4 aliphatic rings. The maximum absolute atomic E-state index is 15.0. The van der Waals surface area contributed by atoms with Gasteiger partial charge in [0.15, 0.2) is 11.4 Å². The number of benzene rings is 1. The van der Waals surface area contributed by atoms with Crippen molar-refractivity contribution < 1.29 is 22.0 Å². The molecule has 0 N–H and O–H groups in total. The fraction of sp³-hybridized carbons (Fsp3) is 0.483. The van der Waals surface area contributed by atoms with Crippen LogP contribution in [-0.2, 0) is 10.0 Å². The molecule has 2 aromatic heterocycles. The lowest BCUT2D eigenvalue weighted by molar-refractivity contribution is -0.100. The molecule has 3 aromatic rings. The monoisotopic (exact) mass is 555 g/mol. The van der Waals surface area contributed by atoms with E-state index in [4.69, 9.17) is 0 Å². The third-order valence-corrected chi connectivity index (χ3v) is 10.3. The standard InChI is InChI=1S/C29H31F2N3O4S/c1-28-10-17-8-18(11-28)13-29(12-17,16-28)14-24(35)21-15-34(23-6-4-19(30)9-22(23)31)27-20(26(21)36)5-7-25(32-27)33(2)39(3,37)38/h4-7,9,15,17-18H,8,10-14,16H2,1-3H3. The van der Waals surface area contributed by atoms with E-state index in [0.717, 1.165) is 35.9 Å². The summed E-state index contributed by atoms with van der Waals surface area (Å²) < 4.78 is 55.2. The summed E-state index contributed by atoms with van der Waals surface area (Å²) in [7, 11) is -2.36. The van der Waals surface area contributed by atoms with E-state index >= 15 is 4.39 Å². The number of nitrogens with zero attached hydrogens (tertiary/aromatic N) is 3. The van der Waals surface area contributed by atoms with Crippen LogP contribution in [-0.4, -0.2) is 37.1 Å². The van der Waals surface area contributed by atoms with E-state index in [9.17, 15) is 22.4 Å². The number of rotatable bonds is 6. The second kappa shape index (κ2) is 8.68. The number of hydrogen-bond acceptors (Lipinski definition) is 5. The first kappa shape index (κ1) is 26.1. The Morgan fingerprint density at radius 3 is 2.44 bits per heavy atom. The van der Waals surface area contributed by atoms with Gasteiger partial charge in [-0.05, 0) is 85.5 Å². The molecule has 4 saturated carbocycles. The van der Waals surface area contributed by atoms with Gasteiger partial charge in [-0.15, -0.1) is 0 Å². The number of hydrogen-bond donors (Lipinski definition) is 0. The topological polar surface area (TPSA) is 89.3 Å². The van der Waals surface area contributed by atoms with Crippen LogP contribution in [0.4, 0.5) is 14.6 Å². The number of halogens is 2. The number of aromatic nitrogens is 2. The highest BCUT2D eigenvalue weighted by molar-refractivity contribution is 7.92. The quantitative estimate of drug-likeness (QED) is 0.388. The minimum absolute atomic E-state index is 0.0153. The Kier molecular flexibility index (Phi) is 5.81. The summed E-state index contributed by atoms with van der Waals surface area (Å²) in [6.45, 7) is 2.32. The van der Waals surface area contributed by atoms with Crippen LogP contribution in [0.3, 0.4) is 0 Å². The summed E-state index contributed by atoms with van der Waals surface area (Å²) in [5.74, 6) is -0.738. The maximum Gasteiger partial charge on any atom is 0.233 e. The van der Waals surface area contributed by atoms with Gasteiger partial charge in [0.2, 0.25) is 15.5 Å². The first-order valence-electron chi connectivity index (χ1n) is 13.2. The van der Waals surface area contributed by atoms with E-state index in [1.807, 2.05) is 0 Å². The fourth-order valence-electron chi connectivity index (χ4n) is 8.17. The molecule has 4 aliphatic carbocycles. The Morgan fingerprint density at radius 1 is 1.13 bits per heavy atom. The van der Waals surface area contributed by atoms with Gasteiger partial charge >= 0.3 is 0 Å². The lowest BCUT2D eigenvalue weighted by Gasteiger charge is -2.61. The molecule has 0 spiro atoms. The van der Waals surface area contributed by atoms with Crippen molar-refractivity contribution in [2.45, 2.75) is 51.9 Å². The maximum atomic E-state index is 15.0. The SMILES string of the molecule is CN(c1ccc2c(=O)c(C(=O)CC34CC5CC(CC(C)(C5)C3)C4)cn(-c3ccc(F)cc3F)c2n1)S(C)(=O)=O. The zero-order valence-corrected chi connectivity index (χ0v) is 23.0. The minimum atomic E-state index is -3.67. The van der Waals surface area contributed by atoms with Crippen LogP contribution in [0, 0.1) is 34.3 Å². The normalized spacial score (nSPS) is 27.7. The highest BCUT2D eigenvalue weighted by Crippen LogP contribution is 2.66. The second-order valence-corrected chi connectivity index (χ2v) is 14.5. The molecule has 2 unspecified atom stereocenters. The fourth-order valence-corrected chi connectivity index (χ4v) is 8.61. The number of anilines is 1. The number of ketones is 1. The van der Waals surface area contributed by atoms with Crippen LogP contribution in [0.15, 0.2) is 41.3 Å². The highest BCUT2D eigenvalue weighted by atomic mass is 32.2. The zero-order chi connectivity index (χ0) is 27.9. The highest BCUT2D eigenvalue weighted by Gasteiger charge is 2.56. The van der Waals surface area contributed by atoms with Gasteiger partial charge in [-0.3, -0.25) is 18.5 Å². The van der Waals surface area contributed by atoms with Crippen molar-refractivity contribution >= 4 is 32.7 Å². The van der Waals surface area contributed by atoms with E-state index in [2.05, 4.69) is 11.9 Å². The molecule has 10 heteroatoms. The molecular weight excluding hydrogens is 524 g/mol. The third kappa shape index (κ3) is 4.46. The predicted molar refractivity (Wildman–Crippen MR) is 145 cm³/mol. The van der Waals surface area contributed by atoms with E-state index in [-0.39, 0.29) is 51.1 Å². The zero-order valence-electron chi connectivity index (χ0n) is 22.2. The van der Waals surface area contributed by atoms with Crippen molar-refractivity contribution in [1.82, 2.24) is 9.55 Å². The Morgan fingerprint density at radius 2 is 1.82 bits per heavy atom. The molecule has 206 valence electrons. The lowest BCUT2D eigenvalue weighted by atomic mass is 9.44. The van der Waals surface area contributed by atoms with Crippen LogP contribution in [0.25, 0.3) is 16.7 Å². The van der Waals surface area contributed by atoms with Gasteiger partial charge in [0.1, 0.15) is 17.5 Å². The van der Waals surface area contributed by atoms with Crippen LogP contribution in [0.2, 0.25) is 0 Å². The molecule has 0 amide bonds. The van der Waals surface area contributed by atoms with E-state index in [1.54, 1.807) is 0 Å². The Balaban J connectivity index is 1.49. The van der Waals surface area contributed by atoms with Gasteiger partial charge in [0, 0.05) is 25.7 Å². The minimum Gasteiger partial charge on any atom is -0.297 e. The van der Waals surface area contributed by atoms with Gasteiger partial charge in [-0.2, -0.15) is 0 Å². The summed E-state index contributed by atoms with van der Waals surface area (Å²) in [4.78, 5) is 31.9. The number of Topliss-reactive ketones (excluding diaryl/α,β-unsaturated/α-hetero) is 1. The molecule has 4 bridgehead atoms. The Bertz CT molecular complexity index is 1690. The summed E-state index contributed by atoms with van der Waals surface area (Å²) in [5, 5.41) is 0.0488. The largest absolute Gasteiger partial charge is 0.297 e. The van der Waals surface area contributed by atoms with Crippen LogP contribution < -0.4 is 9.73 Å². The van der Waals surface area contributed by atoms with E-state index < -0.39 is 27.1 Å². The average Bonchev–Trinajstić information content (AvgIpc) is 2.81. The van der Waals surface area contributed by atoms with Crippen molar-refractivity contribution in [1.29, 1.82) is 0 Å². The van der Waals surface area contributed by atoms with Crippen molar-refractivity contribution in [2.24, 2.45) is 22.7 Å². The second-order valence-electron chi connectivity index (χ2n) is 12.5. The lowest BCUT2D eigenvalue weighted by Crippen LogP contribution is -2.51. The molecule has 2 atom stereocenters. The van der Waals surface area contributed by atoms with Crippen molar-refractivity contribution in [3.63, 3.8) is 0 Å². The third-order valence-electron chi connectivity index (χ3n) is 9.14. The van der Waals surface area contributed by atoms with Gasteiger partial charge in [0.25, 0.3) is 0 Å². The summed E-state index contributed by atoms with van der Waals surface area (Å²) in [6, 6.07) is 5.78. The predicted octanol–water partition coefficient (Wildman–Crippen LogP) is 5.24. The smallest absolute Gasteiger partial charge is 0.233 e. The first-order chi connectivity index (χ1) is 18.3. The first-order valence-corrected chi connectivity index (χ1v) is 15.1. The van der Waals surface area contributed by atoms with Crippen LogP contribution >= 0.6 is 0 Å². The molecule has 2 heterocycles. The summed E-state index contributed by atoms with van der Waals surface area (Å²) in [5.41, 5.74) is -0.647.